The van der Waals surface area contributed by atoms with E-state index in [4.69, 9.17) is 10.8 Å². The number of anilines is 1. The largest absolute Gasteiger partial charge is 0.476 e. The first-order valence-corrected chi connectivity index (χ1v) is 5.30. The maximum Gasteiger partial charge on any atom is 0.357 e. The van der Waals surface area contributed by atoms with E-state index in [0.29, 0.717) is 10.9 Å². The lowest BCUT2D eigenvalue weighted by atomic mass is 10.1. The van der Waals surface area contributed by atoms with Crippen molar-refractivity contribution in [2.24, 2.45) is 5.92 Å². The molecule has 3 N–H and O–H groups in total. The molecule has 0 aromatic carbocycles. The van der Waals surface area contributed by atoms with Crippen LogP contribution in [0.4, 0.5) is 5.00 Å². The molecule has 0 saturated carbocycles. The van der Waals surface area contributed by atoms with Gasteiger partial charge in [0.25, 0.3) is 0 Å². The summed E-state index contributed by atoms with van der Waals surface area (Å²) >= 11 is 1.27. The number of nitrogens with two attached hydrogens (primary N) is 1. The Morgan fingerprint density at radius 2 is 2.29 bits per heavy atom. The Kier molecular flexibility index (Phi) is 3.46. The van der Waals surface area contributed by atoms with Crippen molar-refractivity contribution in [1.82, 2.24) is 4.98 Å². The minimum atomic E-state index is -1.05. The third-order valence-electron chi connectivity index (χ3n) is 1.84. The molecule has 0 spiro atoms. The Morgan fingerprint density at radius 3 is 2.71 bits per heavy atom. The molecule has 1 aromatic rings. The zero-order valence-electron chi connectivity index (χ0n) is 8.28. The molecular weight excluding hydrogens is 200 g/mol. The van der Waals surface area contributed by atoms with Crippen molar-refractivity contribution in [1.29, 1.82) is 0 Å². The van der Waals surface area contributed by atoms with Crippen LogP contribution in [-0.2, 0) is 6.42 Å². The average molecular weight is 214 g/mol. The summed E-state index contributed by atoms with van der Waals surface area (Å²) in [6, 6.07) is 0. The van der Waals surface area contributed by atoms with Gasteiger partial charge >= 0.3 is 5.97 Å². The number of nitrogen functional groups attached to an aromatic ring is 1. The van der Waals surface area contributed by atoms with E-state index in [0.717, 1.165) is 17.8 Å². The highest BCUT2D eigenvalue weighted by molar-refractivity contribution is 7.15. The fourth-order valence-electron chi connectivity index (χ4n) is 1.05. The SMILES string of the molecule is CC(C)CCc1nc(C(=O)O)c(N)s1. The van der Waals surface area contributed by atoms with Crippen molar-refractivity contribution >= 4 is 22.3 Å². The van der Waals surface area contributed by atoms with E-state index in [1.807, 2.05) is 0 Å². The Bertz CT molecular complexity index is 334. The van der Waals surface area contributed by atoms with Gasteiger partial charge in [-0.3, -0.25) is 0 Å². The standard InChI is InChI=1S/C9H14N2O2S/c1-5(2)3-4-6-11-7(9(12)13)8(10)14-6/h5H,3-4,10H2,1-2H3,(H,12,13). The van der Waals surface area contributed by atoms with Crippen molar-refractivity contribution in [3.63, 3.8) is 0 Å². The highest BCUT2D eigenvalue weighted by Crippen LogP contribution is 2.22. The third-order valence-corrected chi connectivity index (χ3v) is 2.78. The van der Waals surface area contributed by atoms with Crippen LogP contribution in [0.1, 0.15) is 35.8 Å². The van der Waals surface area contributed by atoms with Gasteiger partial charge in [0.05, 0.1) is 5.01 Å². The molecule has 0 atom stereocenters. The lowest BCUT2D eigenvalue weighted by molar-refractivity contribution is 0.0692. The molecule has 0 aliphatic rings. The molecule has 0 bridgehead atoms. The lowest BCUT2D eigenvalue weighted by Crippen LogP contribution is -2.01. The average Bonchev–Trinajstić information content (AvgIpc) is 2.43. The van der Waals surface area contributed by atoms with E-state index in [2.05, 4.69) is 18.8 Å². The first-order valence-electron chi connectivity index (χ1n) is 4.49. The van der Waals surface area contributed by atoms with Gasteiger partial charge < -0.3 is 10.8 Å². The second-order valence-electron chi connectivity index (χ2n) is 3.56. The number of aryl methyl sites for hydroxylation is 1. The highest BCUT2D eigenvalue weighted by atomic mass is 32.1. The van der Waals surface area contributed by atoms with Crippen molar-refractivity contribution in [2.75, 3.05) is 5.73 Å². The van der Waals surface area contributed by atoms with E-state index in [9.17, 15) is 4.79 Å². The smallest absolute Gasteiger partial charge is 0.357 e. The molecule has 1 aromatic heterocycles. The summed E-state index contributed by atoms with van der Waals surface area (Å²) in [7, 11) is 0. The second kappa shape index (κ2) is 4.41. The summed E-state index contributed by atoms with van der Waals surface area (Å²) in [5.41, 5.74) is 5.52. The first kappa shape index (κ1) is 11.0. The molecule has 1 rings (SSSR count). The van der Waals surface area contributed by atoms with Crippen LogP contribution in [0.15, 0.2) is 0 Å². The van der Waals surface area contributed by atoms with Crippen molar-refractivity contribution in [3.8, 4) is 0 Å². The van der Waals surface area contributed by atoms with Gasteiger partial charge in [-0.2, -0.15) is 0 Å². The number of hydrogen-bond acceptors (Lipinski definition) is 4. The molecule has 0 amide bonds. The maximum atomic E-state index is 10.6. The Labute approximate surface area is 86.8 Å². The first-order chi connectivity index (χ1) is 6.50. The summed E-state index contributed by atoms with van der Waals surface area (Å²) in [5.74, 6) is -0.456. The number of aromatic nitrogens is 1. The monoisotopic (exact) mass is 214 g/mol. The number of carboxylic acids is 1. The Hall–Kier alpha value is -1.10. The van der Waals surface area contributed by atoms with Gasteiger partial charge in [-0.1, -0.05) is 13.8 Å². The minimum Gasteiger partial charge on any atom is -0.476 e. The number of thiazole rings is 1. The number of carbonyl (C=O) groups is 1. The summed E-state index contributed by atoms with van der Waals surface area (Å²) in [4.78, 5) is 14.6. The van der Waals surface area contributed by atoms with Crippen LogP contribution in [0.3, 0.4) is 0 Å². The van der Waals surface area contributed by atoms with E-state index < -0.39 is 5.97 Å². The topological polar surface area (TPSA) is 76.2 Å². The van der Waals surface area contributed by atoms with E-state index in [1.165, 1.54) is 11.3 Å². The van der Waals surface area contributed by atoms with E-state index >= 15 is 0 Å². The van der Waals surface area contributed by atoms with Gasteiger partial charge in [-0.15, -0.1) is 11.3 Å². The predicted octanol–water partition coefficient (Wildman–Crippen LogP) is 2.01. The molecule has 5 heteroatoms. The van der Waals surface area contributed by atoms with Gasteiger partial charge in [0.1, 0.15) is 5.00 Å². The summed E-state index contributed by atoms with van der Waals surface area (Å²) in [6.07, 6.45) is 1.81. The summed E-state index contributed by atoms with van der Waals surface area (Å²) in [5, 5.41) is 9.84. The molecule has 0 aliphatic carbocycles. The molecule has 78 valence electrons. The maximum absolute atomic E-state index is 10.6. The quantitative estimate of drug-likeness (QED) is 0.803. The number of aromatic carboxylic acids is 1. The highest BCUT2D eigenvalue weighted by Gasteiger charge is 2.14. The molecule has 4 nitrogen and oxygen atoms in total. The van der Waals surface area contributed by atoms with Gasteiger partial charge in [-0.25, -0.2) is 9.78 Å². The minimum absolute atomic E-state index is 0.00578. The zero-order chi connectivity index (χ0) is 10.7. The van der Waals surface area contributed by atoms with Crippen LogP contribution in [0.25, 0.3) is 0 Å². The summed E-state index contributed by atoms with van der Waals surface area (Å²) in [6.45, 7) is 4.24. The fraction of sp³-hybridized carbons (Fsp3) is 0.556. The molecule has 0 unspecified atom stereocenters. The van der Waals surface area contributed by atoms with Gasteiger partial charge in [0.15, 0.2) is 5.69 Å². The number of nitrogens with zero attached hydrogens (tertiary/aromatic N) is 1. The third kappa shape index (κ3) is 2.70. The number of hydrogen-bond donors (Lipinski definition) is 2. The second-order valence-corrected chi connectivity index (χ2v) is 4.67. The number of rotatable bonds is 4. The molecule has 0 fully saturated rings. The van der Waals surface area contributed by atoms with Gasteiger partial charge in [0.2, 0.25) is 0 Å². The van der Waals surface area contributed by atoms with Crippen LogP contribution in [0, 0.1) is 5.92 Å². The van der Waals surface area contributed by atoms with E-state index in [-0.39, 0.29) is 5.69 Å². The normalized spacial score (nSPS) is 10.8. The van der Waals surface area contributed by atoms with Crippen LogP contribution in [0.2, 0.25) is 0 Å². The molecule has 0 radical (unpaired) electrons. The molecular formula is C9H14N2O2S. The Balaban J connectivity index is 2.71. The molecule has 0 aliphatic heterocycles. The zero-order valence-corrected chi connectivity index (χ0v) is 9.10. The van der Waals surface area contributed by atoms with Gasteiger partial charge in [0, 0.05) is 0 Å². The number of carboxylic acid groups (broad SMARTS) is 1. The van der Waals surface area contributed by atoms with Crippen LogP contribution in [-0.4, -0.2) is 16.1 Å². The van der Waals surface area contributed by atoms with Gasteiger partial charge in [-0.05, 0) is 18.8 Å². The van der Waals surface area contributed by atoms with E-state index in [1.54, 1.807) is 0 Å². The summed E-state index contributed by atoms with van der Waals surface area (Å²) < 4.78 is 0. The van der Waals surface area contributed by atoms with Crippen LogP contribution >= 0.6 is 11.3 Å². The molecule has 0 saturated heterocycles. The Morgan fingerprint density at radius 1 is 1.64 bits per heavy atom. The molecule has 14 heavy (non-hydrogen) atoms. The van der Waals surface area contributed by atoms with Crippen LogP contribution < -0.4 is 5.73 Å². The predicted molar refractivity (Wildman–Crippen MR) is 56.6 cm³/mol. The van der Waals surface area contributed by atoms with Crippen molar-refractivity contribution in [2.45, 2.75) is 26.7 Å². The lowest BCUT2D eigenvalue weighted by Gasteiger charge is -1.99. The van der Waals surface area contributed by atoms with Crippen molar-refractivity contribution in [3.05, 3.63) is 10.7 Å². The molecule has 1 heterocycles. The van der Waals surface area contributed by atoms with Crippen LogP contribution in [0.5, 0.6) is 0 Å². The van der Waals surface area contributed by atoms with Crippen molar-refractivity contribution < 1.29 is 9.90 Å². The fourth-order valence-corrected chi connectivity index (χ4v) is 1.89.